The molecule has 0 bridgehead atoms. The molecule has 94 valence electrons. The lowest BCUT2D eigenvalue weighted by atomic mass is 9.88. The quantitative estimate of drug-likeness (QED) is 0.626. The van der Waals surface area contributed by atoms with Gasteiger partial charge in [-0.25, -0.2) is 4.39 Å². The zero-order valence-electron chi connectivity index (χ0n) is 10.1. The van der Waals surface area contributed by atoms with E-state index in [-0.39, 0.29) is 17.8 Å². The van der Waals surface area contributed by atoms with Crippen molar-refractivity contribution >= 4 is 0 Å². The summed E-state index contributed by atoms with van der Waals surface area (Å²) in [6.07, 6.45) is 2.03. The van der Waals surface area contributed by atoms with E-state index in [9.17, 15) is 4.39 Å². The van der Waals surface area contributed by atoms with Gasteiger partial charge < -0.3 is 4.74 Å². The van der Waals surface area contributed by atoms with E-state index in [0.717, 1.165) is 25.0 Å². The van der Waals surface area contributed by atoms with Gasteiger partial charge in [0.1, 0.15) is 5.82 Å². The zero-order chi connectivity index (χ0) is 12.3. The molecule has 0 aliphatic carbocycles. The fourth-order valence-electron chi connectivity index (χ4n) is 2.39. The Balaban J connectivity index is 2.21. The Kier molecular flexibility index (Phi) is 4.10. The molecule has 17 heavy (non-hydrogen) atoms. The molecule has 0 spiro atoms. The second kappa shape index (κ2) is 5.58. The molecule has 0 aromatic heterocycles. The van der Waals surface area contributed by atoms with Gasteiger partial charge in [-0.15, -0.1) is 0 Å². The molecule has 2 rings (SSSR count). The van der Waals surface area contributed by atoms with Crippen LogP contribution in [0.3, 0.4) is 0 Å². The van der Waals surface area contributed by atoms with Gasteiger partial charge in [-0.2, -0.15) is 0 Å². The van der Waals surface area contributed by atoms with Crippen LogP contribution < -0.4 is 11.3 Å². The fourth-order valence-corrected chi connectivity index (χ4v) is 2.39. The summed E-state index contributed by atoms with van der Waals surface area (Å²) in [5, 5.41) is 0. The molecule has 1 aromatic rings. The van der Waals surface area contributed by atoms with Gasteiger partial charge in [0.2, 0.25) is 0 Å². The predicted octanol–water partition coefficient (Wildman–Crippen LogP) is 2.07. The van der Waals surface area contributed by atoms with Crippen molar-refractivity contribution in [2.45, 2.75) is 25.8 Å². The molecule has 0 saturated carbocycles. The molecule has 1 saturated heterocycles. The SMILES string of the molecule is Cc1ccc(C(NN)C2CCCOC2)c(F)c1. The number of rotatable bonds is 3. The number of halogens is 1. The smallest absolute Gasteiger partial charge is 0.128 e. The van der Waals surface area contributed by atoms with Crippen LogP contribution in [0.2, 0.25) is 0 Å². The first kappa shape index (κ1) is 12.5. The van der Waals surface area contributed by atoms with Crippen LogP contribution >= 0.6 is 0 Å². The highest BCUT2D eigenvalue weighted by molar-refractivity contribution is 5.26. The molecule has 1 heterocycles. The van der Waals surface area contributed by atoms with Crippen LogP contribution in [0.25, 0.3) is 0 Å². The minimum atomic E-state index is -0.196. The third kappa shape index (κ3) is 2.83. The Morgan fingerprint density at radius 1 is 1.53 bits per heavy atom. The number of hydrazine groups is 1. The Hall–Kier alpha value is -0.970. The molecule has 1 fully saturated rings. The lowest BCUT2D eigenvalue weighted by Crippen LogP contribution is -2.37. The Morgan fingerprint density at radius 2 is 2.35 bits per heavy atom. The van der Waals surface area contributed by atoms with Crippen molar-refractivity contribution in [1.29, 1.82) is 0 Å². The summed E-state index contributed by atoms with van der Waals surface area (Å²) >= 11 is 0. The van der Waals surface area contributed by atoms with Gasteiger partial charge in [0.05, 0.1) is 12.6 Å². The molecule has 0 radical (unpaired) electrons. The average molecular weight is 238 g/mol. The van der Waals surface area contributed by atoms with Crippen molar-refractivity contribution < 1.29 is 9.13 Å². The second-order valence-corrected chi connectivity index (χ2v) is 4.65. The minimum absolute atomic E-state index is 0.170. The maximum atomic E-state index is 13.9. The highest BCUT2D eigenvalue weighted by Gasteiger charge is 2.26. The summed E-state index contributed by atoms with van der Waals surface area (Å²) in [5.41, 5.74) is 4.28. The summed E-state index contributed by atoms with van der Waals surface area (Å²) in [6.45, 7) is 3.31. The highest BCUT2D eigenvalue weighted by Crippen LogP contribution is 2.30. The topological polar surface area (TPSA) is 47.3 Å². The standard InChI is InChI=1S/C13H19FN2O/c1-9-4-5-11(12(14)7-9)13(16-15)10-3-2-6-17-8-10/h4-5,7,10,13,16H,2-3,6,8,15H2,1H3. The van der Waals surface area contributed by atoms with E-state index < -0.39 is 0 Å². The van der Waals surface area contributed by atoms with E-state index >= 15 is 0 Å². The summed E-state index contributed by atoms with van der Waals surface area (Å²) < 4.78 is 19.3. The van der Waals surface area contributed by atoms with Gasteiger partial charge in [0, 0.05) is 18.1 Å². The van der Waals surface area contributed by atoms with E-state index in [1.165, 1.54) is 0 Å². The Morgan fingerprint density at radius 3 is 2.94 bits per heavy atom. The van der Waals surface area contributed by atoms with Gasteiger partial charge in [0.25, 0.3) is 0 Å². The number of nitrogens with two attached hydrogens (primary N) is 1. The molecular weight excluding hydrogens is 219 g/mol. The number of aryl methyl sites for hydroxylation is 1. The molecule has 3 N–H and O–H groups in total. The predicted molar refractivity (Wildman–Crippen MR) is 64.7 cm³/mol. The molecule has 2 atom stereocenters. The number of ether oxygens (including phenoxy) is 1. The normalized spacial score (nSPS) is 22.4. The van der Waals surface area contributed by atoms with Crippen molar-refractivity contribution in [3.63, 3.8) is 0 Å². The average Bonchev–Trinajstić information content (AvgIpc) is 2.34. The van der Waals surface area contributed by atoms with Crippen molar-refractivity contribution in [2.24, 2.45) is 11.8 Å². The van der Waals surface area contributed by atoms with Crippen LogP contribution in [-0.2, 0) is 4.74 Å². The van der Waals surface area contributed by atoms with Gasteiger partial charge in [-0.3, -0.25) is 11.3 Å². The summed E-state index contributed by atoms with van der Waals surface area (Å²) in [7, 11) is 0. The van der Waals surface area contributed by atoms with E-state index in [1.54, 1.807) is 6.07 Å². The monoisotopic (exact) mass is 238 g/mol. The number of hydrogen-bond donors (Lipinski definition) is 2. The molecule has 1 aromatic carbocycles. The lowest BCUT2D eigenvalue weighted by molar-refractivity contribution is 0.0385. The Bertz CT molecular complexity index is 378. The number of benzene rings is 1. The molecule has 3 nitrogen and oxygen atoms in total. The maximum absolute atomic E-state index is 13.9. The molecular formula is C13H19FN2O. The van der Waals surface area contributed by atoms with Crippen LogP contribution in [0.1, 0.15) is 30.0 Å². The van der Waals surface area contributed by atoms with Gasteiger partial charge in [-0.1, -0.05) is 12.1 Å². The molecule has 2 unspecified atom stereocenters. The van der Waals surface area contributed by atoms with Crippen LogP contribution in [-0.4, -0.2) is 13.2 Å². The maximum Gasteiger partial charge on any atom is 0.128 e. The number of nitrogens with one attached hydrogen (secondary N) is 1. The number of hydrogen-bond acceptors (Lipinski definition) is 3. The van der Waals surface area contributed by atoms with Crippen molar-refractivity contribution in [2.75, 3.05) is 13.2 Å². The third-order valence-electron chi connectivity index (χ3n) is 3.34. The van der Waals surface area contributed by atoms with E-state index in [4.69, 9.17) is 10.6 Å². The second-order valence-electron chi connectivity index (χ2n) is 4.65. The molecule has 4 heteroatoms. The van der Waals surface area contributed by atoms with E-state index in [2.05, 4.69) is 5.43 Å². The van der Waals surface area contributed by atoms with Crippen molar-refractivity contribution in [3.05, 3.63) is 35.1 Å². The van der Waals surface area contributed by atoms with Crippen LogP contribution in [0.5, 0.6) is 0 Å². The van der Waals surface area contributed by atoms with Gasteiger partial charge >= 0.3 is 0 Å². The summed E-state index contributed by atoms with van der Waals surface area (Å²) in [4.78, 5) is 0. The summed E-state index contributed by atoms with van der Waals surface area (Å²) in [6, 6.07) is 5.09. The van der Waals surface area contributed by atoms with E-state index in [0.29, 0.717) is 12.2 Å². The van der Waals surface area contributed by atoms with Gasteiger partial charge in [0.15, 0.2) is 0 Å². The van der Waals surface area contributed by atoms with Crippen molar-refractivity contribution in [1.82, 2.24) is 5.43 Å². The lowest BCUT2D eigenvalue weighted by Gasteiger charge is -2.30. The fraction of sp³-hybridized carbons (Fsp3) is 0.538. The molecule has 1 aliphatic heterocycles. The first-order chi connectivity index (χ1) is 8.22. The zero-order valence-corrected chi connectivity index (χ0v) is 10.1. The molecule has 1 aliphatic rings. The van der Waals surface area contributed by atoms with Crippen molar-refractivity contribution in [3.8, 4) is 0 Å². The first-order valence-electron chi connectivity index (χ1n) is 6.02. The van der Waals surface area contributed by atoms with E-state index in [1.807, 2.05) is 19.1 Å². The van der Waals surface area contributed by atoms with Crippen LogP contribution in [0.15, 0.2) is 18.2 Å². The summed E-state index contributed by atoms with van der Waals surface area (Å²) in [5.74, 6) is 5.62. The minimum Gasteiger partial charge on any atom is -0.381 e. The largest absolute Gasteiger partial charge is 0.381 e. The Labute approximate surface area is 101 Å². The highest BCUT2D eigenvalue weighted by atomic mass is 19.1. The van der Waals surface area contributed by atoms with Crippen LogP contribution in [0, 0.1) is 18.7 Å². The van der Waals surface area contributed by atoms with Crippen LogP contribution in [0.4, 0.5) is 4.39 Å². The first-order valence-corrected chi connectivity index (χ1v) is 6.02. The molecule has 0 amide bonds. The van der Waals surface area contributed by atoms with Gasteiger partial charge in [-0.05, 0) is 31.4 Å². The third-order valence-corrected chi connectivity index (χ3v) is 3.34.